The van der Waals surface area contributed by atoms with Crippen LogP contribution < -0.4 is 0 Å². The highest BCUT2D eigenvalue weighted by Gasteiger charge is 2.08. The van der Waals surface area contributed by atoms with Crippen LogP contribution in [0.5, 0.6) is 0 Å². The molecule has 0 saturated carbocycles. The predicted molar refractivity (Wildman–Crippen MR) is 50.6 cm³/mol. The normalized spacial score (nSPS) is 10.1. The van der Waals surface area contributed by atoms with Gasteiger partial charge in [-0.05, 0) is 35.7 Å². The second kappa shape index (κ2) is 4.38. The van der Waals surface area contributed by atoms with Gasteiger partial charge in [0.1, 0.15) is 5.82 Å². The number of carbonyl (C=O) groups excluding carboxylic acids is 1. The third kappa shape index (κ3) is 2.52. The van der Waals surface area contributed by atoms with Crippen LogP contribution in [0.1, 0.15) is 29.3 Å². The molecule has 0 amide bonds. The van der Waals surface area contributed by atoms with E-state index in [0.717, 1.165) is 18.4 Å². The molecule has 0 N–H and O–H groups in total. The highest BCUT2D eigenvalue weighted by molar-refractivity contribution is 6.67. The van der Waals surface area contributed by atoms with E-state index in [9.17, 15) is 9.18 Å². The van der Waals surface area contributed by atoms with Crippen molar-refractivity contribution in [2.75, 3.05) is 0 Å². The van der Waals surface area contributed by atoms with Crippen LogP contribution in [0.15, 0.2) is 18.2 Å². The monoisotopic (exact) mass is 200 g/mol. The Morgan fingerprint density at radius 2 is 2.23 bits per heavy atom. The maximum absolute atomic E-state index is 13.1. The van der Waals surface area contributed by atoms with Gasteiger partial charge in [-0.1, -0.05) is 19.4 Å². The van der Waals surface area contributed by atoms with Crippen LogP contribution in [0.4, 0.5) is 4.39 Å². The number of halogens is 2. The summed E-state index contributed by atoms with van der Waals surface area (Å²) in [6.07, 6.45) is 1.77. The summed E-state index contributed by atoms with van der Waals surface area (Å²) in [5, 5.41) is -0.749. The molecule has 0 unspecified atom stereocenters. The molecule has 13 heavy (non-hydrogen) atoms. The topological polar surface area (TPSA) is 17.1 Å². The smallest absolute Gasteiger partial charge is 0.255 e. The molecule has 0 aliphatic rings. The number of hydrogen-bond acceptors (Lipinski definition) is 1. The van der Waals surface area contributed by atoms with Crippen LogP contribution >= 0.6 is 11.6 Å². The van der Waals surface area contributed by atoms with E-state index in [2.05, 4.69) is 0 Å². The Morgan fingerprint density at radius 1 is 1.54 bits per heavy atom. The summed E-state index contributed by atoms with van der Waals surface area (Å²) in [4.78, 5) is 10.7. The van der Waals surface area contributed by atoms with Crippen LogP contribution in [-0.4, -0.2) is 5.24 Å². The van der Waals surface area contributed by atoms with Crippen molar-refractivity contribution < 1.29 is 9.18 Å². The first-order chi connectivity index (χ1) is 6.15. The zero-order valence-corrected chi connectivity index (χ0v) is 8.07. The fraction of sp³-hybridized carbons (Fsp3) is 0.300. The minimum absolute atomic E-state index is 0.0541. The van der Waals surface area contributed by atoms with E-state index in [0.29, 0.717) is 0 Å². The molecule has 1 rings (SSSR count). The van der Waals surface area contributed by atoms with E-state index in [1.165, 1.54) is 12.1 Å². The average Bonchev–Trinajstić information content (AvgIpc) is 2.04. The van der Waals surface area contributed by atoms with Gasteiger partial charge in [0.25, 0.3) is 5.24 Å². The summed E-state index contributed by atoms with van der Waals surface area (Å²) in [6, 6.07) is 4.51. The fourth-order valence-electron chi connectivity index (χ4n) is 1.16. The van der Waals surface area contributed by atoms with Gasteiger partial charge in [0.15, 0.2) is 0 Å². The minimum atomic E-state index is -0.749. The van der Waals surface area contributed by atoms with Gasteiger partial charge in [0, 0.05) is 0 Å². The summed E-state index contributed by atoms with van der Waals surface area (Å²) < 4.78 is 13.1. The van der Waals surface area contributed by atoms with Crippen molar-refractivity contribution in [3.05, 3.63) is 35.1 Å². The number of hydrogen-bond donors (Lipinski definition) is 0. The van der Waals surface area contributed by atoms with Gasteiger partial charge in [0.2, 0.25) is 0 Å². The van der Waals surface area contributed by atoms with Crippen molar-refractivity contribution in [1.29, 1.82) is 0 Å². The fourth-order valence-corrected chi connectivity index (χ4v) is 1.32. The van der Waals surface area contributed by atoms with E-state index in [1.54, 1.807) is 6.07 Å². The lowest BCUT2D eigenvalue weighted by Crippen LogP contribution is -1.95. The Labute approximate surface area is 81.5 Å². The Bertz CT molecular complexity index is 323. The maximum Gasteiger partial charge on any atom is 0.255 e. The standard InChI is InChI=1S/C10H10ClFO/c1-2-3-7-4-5-8(10(11)13)9(12)6-7/h4-6H,2-3H2,1H3. The molecule has 1 aromatic carbocycles. The van der Waals surface area contributed by atoms with Crippen LogP contribution in [0, 0.1) is 5.82 Å². The van der Waals surface area contributed by atoms with Crippen molar-refractivity contribution in [1.82, 2.24) is 0 Å². The summed E-state index contributed by atoms with van der Waals surface area (Å²) >= 11 is 5.16. The Hall–Kier alpha value is -0.890. The summed E-state index contributed by atoms with van der Waals surface area (Å²) in [6.45, 7) is 2.01. The number of rotatable bonds is 3. The zero-order chi connectivity index (χ0) is 9.84. The molecule has 0 saturated heterocycles. The van der Waals surface area contributed by atoms with Gasteiger partial charge < -0.3 is 0 Å². The van der Waals surface area contributed by atoms with Crippen molar-refractivity contribution >= 4 is 16.8 Å². The molecular weight excluding hydrogens is 191 g/mol. The highest BCUT2D eigenvalue weighted by Crippen LogP contribution is 2.13. The minimum Gasteiger partial charge on any atom is -0.275 e. The second-order valence-corrected chi connectivity index (χ2v) is 3.18. The highest BCUT2D eigenvalue weighted by atomic mass is 35.5. The van der Waals surface area contributed by atoms with Crippen molar-refractivity contribution in [2.24, 2.45) is 0 Å². The van der Waals surface area contributed by atoms with E-state index in [4.69, 9.17) is 11.6 Å². The first-order valence-corrected chi connectivity index (χ1v) is 4.51. The Balaban J connectivity index is 2.98. The molecule has 0 radical (unpaired) electrons. The molecule has 0 aliphatic heterocycles. The molecular formula is C10H10ClFO. The molecule has 1 nitrogen and oxygen atoms in total. The first kappa shape index (κ1) is 10.2. The second-order valence-electron chi connectivity index (χ2n) is 2.84. The third-order valence-electron chi connectivity index (χ3n) is 1.78. The summed E-state index contributed by atoms with van der Waals surface area (Å²) in [5.41, 5.74) is 0.836. The molecule has 0 atom stereocenters. The van der Waals surface area contributed by atoms with E-state index < -0.39 is 11.1 Å². The van der Waals surface area contributed by atoms with Crippen molar-refractivity contribution in [3.63, 3.8) is 0 Å². The number of carbonyl (C=O) groups is 1. The van der Waals surface area contributed by atoms with Gasteiger partial charge in [-0.2, -0.15) is 0 Å². The zero-order valence-electron chi connectivity index (χ0n) is 7.31. The third-order valence-corrected chi connectivity index (χ3v) is 1.99. The van der Waals surface area contributed by atoms with E-state index in [-0.39, 0.29) is 5.56 Å². The lowest BCUT2D eigenvalue weighted by molar-refractivity contribution is 0.107. The Morgan fingerprint density at radius 3 is 2.69 bits per heavy atom. The summed E-state index contributed by atoms with van der Waals surface area (Å²) in [7, 11) is 0. The average molecular weight is 201 g/mol. The van der Waals surface area contributed by atoms with Crippen LogP contribution in [0.2, 0.25) is 0 Å². The molecule has 70 valence electrons. The summed E-state index contributed by atoms with van der Waals surface area (Å²) in [5.74, 6) is -0.536. The lowest BCUT2D eigenvalue weighted by atomic mass is 10.1. The molecule has 0 aromatic heterocycles. The van der Waals surface area contributed by atoms with Gasteiger partial charge in [-0.3, -0.25) is 4.79 Å². The van der Waals surface area contributed by atoms with E-state index >= 15 is 0 Å². The van der Waals surface area contributed by atoms with Gasteiger partial charge >= 0.3 is 0 Å². The number of benzene rings is 1. The Kier molecular flexibility index (Phi) is 3.43. The van der Waals surface area contributed by atoms with E-state index in [1.807, 2.05) is 6.92 Å². The molecule has 0 fully saturated rings. The maximum atomic E-state index is 13.1. The van der Waals surface area contributed by atoms with Crippen molar-refractivity contribution in [3.8, 4) is 0 Å². The predicted octanol–water partition coefficient (Wildman–Crippen LogP) is 3.16. The van der Waals surface area contributed by atoms with Crippen LogP contribution in [0.25, 0.3) is 0 Å². The van der Waals surface area contributed by atoms with Crippen molar-refractivity contribution in [2.45, 2.75) is 19.8 Å². The molecule has 1 aromatic rings. The largest absolute Gasteiger partial charge is 0.275 e. The number of aryl methyl sites for hydroxylation is 1. The molecule has 0 spiro atoms. The molecule has 3 heteroatoms. The quantitative estimate of drug-likeness (QED) is 0.685. The SMILES string of the molecule is CCCc1ccc(C(=O)Cl)c(F)c1. The van der Waals surface area contributed by atoms with Crippen LogP contribution in [0.3, 0.4) is 0 Å². The van der Waals surface area contributed by atoms with Gasteiger partial charge in [0.05, 0.1) is 5.56 Å². The van der Waals surface area contributed by atoms with Gasteiger partial charge in [-0.25, -0.2) is 4.39 Å². The first-order valence-electron chi connectivity index (χ1n) is 4.13. The lowest BCUT2D eigenvalue weighted by Gasteiger charge is -2.01. The van der Waals surface area contributed by atoms with Gasteiger partial charge in [-0.15, -0.1) is 0 Å². The van der Waals surface area contributed by atoms with Crippen LogP contribution in [-0.2, 0) is 6.42 Å². The molecule has 0 aliphatic carbocycles. The molecule has 0 bridgehead atoms. The molecule has 0 heterocycles.